The minimum atomic E-state index is -0.171. The number of hydrogen-bond acceptors (Lipinski definition) is 3. The highest BCUT2D eigenvalue weighted by Gasteiger charge is 2.29. The number of rotatable bonds is 4. The van der Waals surface area contributed by atoms with Gasteiger partial charge in [-0.3, -0.25) is 4.98 Å². The fraction of sp³-hybridized carbons (Fsp3) is 0.312. The molecule has 0 aliphatic rings. The molecule has 0 fully saturated rings. The highest BCUT2D eigenvalue weighted by Crippen LogP contribution is 2.35. The quantitative estimate of drug-likeness (QED) is 0.914. The Morgan fingerprint density at radius 2 is 1.84 bits per heavy atom. The van der Waals surface area contributed by atoms with Gasteiger partial charge in [0.1, 0.15) is 5.75 Å². The molecule has 0 saturated heterocycles. The predicted octanol–water partition coefficient (Wildman–Crippen LogP) is 3.07. The van der Waals surface area contributed by atoms with Crippen LogP contribution >= 0.6 is 0 Å². The van der Waals surface area contributed by atoms with Crippen LogP contribution in [-0.2, 0) is 5.41 Å². The van der Waals surface area contributed by atoms with Crippen LogP contribution in [0.2, 0.25) is 0 Å². The lowest BCUT2D eigenvalue weighted by Crippen LogP contribution is -2.33. The SMILES string of the molecule is COc1cncc(C(N)C(C)(C)c2ccccc2)c1. The Bertz CT molecular complexity index is 537. The number of hydrogen-bond donors (Lipinski definition) is 1. The third-order valence-corrected chi connectivity index (χ3v) is 3.62. The highest BCUT2D eigenvalue weighted by molar-refractivity contribution is 5.33. The van der Waals surface area contributed by atoms with E-state index in [0.717, 1.165) is 11.3 Å². The molecule has 0 aliphatic carbocycles. The van der Waals surface area contributed by atoms with Crippen LogP contribution in [0, 0.1) is 0 Å². The van der Waals surface area contributed by atoms with Gasteiger partial charge >= 0.3 is 0 Å². The Hall–Kier alpha value is -1.87. The van der Waals surface area contributed by atoms with Gasteiger partial charge in [0, 0.05) is 17.7 Å². The van der Waals surface area contributed by atoms with Crippen LogP contribution in [0.3, 0.4) is 0 Å². The van der Waals surface area contributed by atoms with E-state index in [1.807, 2.05) is 24.3 Å². The van der Waals surface area contributed by atoms with Crippen LogP contribution in [-0.4, -0.2) is 12.1 Å². The third-order valence-electron chi connectivity index (χ3n) is 3.62. The lowest BCUT2D eigenvalue weighted by molar-refractivity contribution is 0.401. The van der Waals surface area contributed by atoms with Crippen molar-refractivity contribution in [3.05, 3.63) is 59.9 Å². The fourth-order valence-electron chi connectivity index (χ4n) is 2.18. The zero-order chi connectivity index (χ0) is 13.9. The van der Waals surface area contributed by atoms with Gasteiger partial charge in [0.25, 0.3) is 0 Å². The molecule has 0 saturated carbocycles. The Balaban J connectivity index is 2.34. The maximum absolute atomic E-state index is 6.43. The molecular formula is C16H20N2O. The maximum atomic E-state index is 6.43. The Kier molecular flexibility index (Phi) is 3.86. The summed E-state index contributed by atoms with van der Waals surface area (Å²) in [6, 6.07) is 12.1. The van der Waals surface area contributed by atoms with Gasteiger partial charge in [0.2, 0.25) is 0 Å². The molecule has 0 bridgehead atoms. The Morgan fingerprint density at radius 1 is 1.16 bits per heavy atom. The van der Waals surface area contributed by atoms with Crippen molar-refractivity contribution in [3.8, 4) is 5.75 Å². The number of pyridine rings is 1. The first-order valence-corrected chi connectivity index (χ1v) is 6.35. The highest BCUT2D eigenvalue weighted by atomic mass is 16.5. The van der Waals surface area contributed by atoms with Gasteiger partial charge in [-0.05, 0) is 17.2 Å². The van der Waals surface area contributed by atoms with Crippen molar-refractivity contribution >= 4 is 0 Å². The van der Waals surface area contributed by atoms with Gasteiger partial charge < -0.3 is 10.5 Å². The van der Waals surface area contributed by atoms with E-state index in [-0.39, 0.29) is 11.5 Å². The maximum Gasteiger partial charge on any atom is 0.137 e. The van der Waals surface area contributed by atoms with Crippen molar-refractivity contribution in [1.82, 2.24) is 4.98 Å². The molecule has 100 valence electrons. The molecule has 0 spiro atoms. The predicted molar refractivity (Wildman–Crippen MR) is 77.2 cm³/mol. The van der Waals surface area contributed by atoms with Crippen LogP contribution in [0.1, 0.15) is 31.0 Å². The van der Waals surface area contributed by atoms with E-state index in [0.29, 0.717) is 0 Å². The number of nitrogens with zero attached hydrogens (tertiary/aromatic N) is 1. The van der Waals surface area contributed by atoms with Crippen LogP contribution < -0.4 is 10.5 Å². The second kappa shape index (κ2) is 5.41. The average Bonchev–Trinajstić information content (AvgIpc) is 2.47. The zero-order valence-electron chi connectivity index (χ0n) is 11.6. The van der Waals surface area contributed by atoms with E-state index in [1.54, 1.807) is 19.5 Å². The van der Waals surface area contributed by atoms with E-state index in [4.69, 9.17) is 10.5 Å². The largest absolute Gasteiger partial charge is 0.495 e. The van der Waals surface area contributed by atoms with Crippen LogP contribution in [0.15, 0.2) is 48.8 Å². The van der Waals surface area contributed by atoms with Crippen LogP contribution in [0.4, 0.5) is 0 Å². The van der Waals surface area contributed by atoms with Gasteiger partial charge in [-0.25, -0.2) is 0 Å². The molecule has 3 nitrogen and oxygen atoms in total. The monoisotopic (exact) mass is 256 g/mol. The Morgan fingerprint density at radius 3 is 2.47 bits per heavy atom. The number of ether oxygens (including phenoxy) is 1. The van der Waals surface area contributed by atoms with Crippen molar-refractivity contribution in [2.75, 3.05) is 7.11 Å². The summed E-state index contributed by atoms with van der Waals surface area (Å²) in [5.74, 6) is 0.733. The van der Waals surface area contributed by atoms with Crippen LogP contribution in [0.25, 0.3) is 0 Å². The minimum Gasteiger partial charge on any atom is -0.495 e. The van der Waals surface area contributed by atoms with Gasteiger partial charge in [0.05, 0.1) is 13.3 Å². The number of aromatic nitrogens is 1. The zero-order valence-corrected chi connectivity index (χ0v) is 11.6. The van der Waals surface area contributed by atoms with E-state index >= 15 is 0 Å². The molecule has 1 aromatic carbocycles. The smallest absolute Gasteiger partial charge is 0.137 e. The molecule has 3 heteroatoms. The van der Waals surface area contributed by atoms with Gasteiger partial charge in [-0.1, -0.05) is 44.2 Å². The minimum absolute atomic E-state index is 0.141. The van der Waals surface area contributed by atoms with E-state index < -0.39 is 0 Å². The summed E-state index contributed by atoms with van der Waals surface area (Å²) < 4.78 is 5.21. The van der Waals surface area contributed by atoms with Crippen molar-refractivity contribution in [2.24, 2.45) is 5.73 Å². The molecule has 1 atom stereocenters. The summed E-state index contributed by atoms with van der Waals surface area (Å²) in [6.07, 6.45) is 3.49. The van der Waals surface area contributed by atoms with E-state index in [2.05, 4.69) is 31.0 Å². The molecule has 1 aromatic heterocycles. The summed E-state index contributed by atoms with van der Waals surface area (Å²) in [6.45, 7) is 4.29. The standard InChI is InChI=1S/C16H20N2O/c1-16(2,13-7-5-4-6-8-13)15(17)12-9-14(19-3)11-18-10-12/h4-11,15H,17H2,1-3H3. The van der Waals surface area contributed by atoms with Gasteiger partial charge in [-0.2, -0.15) is 0 Å². The van der Waals surface area contributed by atoms with Crippen molar-refractivity contribution in [3.63, 3.8) is 0 Å². The molecule has 1 unspecified atom stereocenters. The van der Waals surface area contributed by atoms with Gasteiger partial charge in [-0.15, -0.1) is 0 Å². The number of methoxy groups -OCH3 is 1. The average molecular weight is 256 g/mol. The fourth-order valence-corrected chi connectivity index (χ4v) is 2.18. The van der Waals surface area contributed by atoms with Crippen LogP contribution in [0.5, 0.6) is 5.75 Å². The second-order valence-electron chi connectivity index (χ2n) is 5.22. The first-order valence-electron chi connectivity index (χ1n) is 6.35. The summed E-state index contributed by atoms with van der Waals surface area (Å²) in [5, 5.41) is 0. The van der Waals surface area contributed by atoms with Crippen molar-refractivity contribution in [2.45, 2.75) is 25.3 Å². The van der Waals surface area contributed by atoms with E-state index in [9.17, 15) is 0 Å². The topological polar surface area (TPSA) is 48.1 Å². The molecule has 2 aromatic rings. The van der Waals surface area contributed by atoms with Gasteiger partial charge in [0.15, 0.2) is 0 Å². The first kappa shape index (κ1) is 13.6. The summed E-state index contributed by atoms with van der Waals surface area (Å²) >= 11 is 0. The number of benzene rings is 1. The third kappa shape index (κ3) is 2.76. The van der Waals surface area contributed by atoms with Crippen molar-refractivity contribution < 1.29 is 4.74 Å². The molecular weight excluding hydrogens is 236 g/mol. The molecule has 2 rings (SSSR count). The molecule has 0 aliphatic heterocycles. The Labute approximate surface area is 114 Å². The lowest BCUT2D eigenvalue weighted by atomic mass is 9.76. The summed E-state index contributed by atoms with van der Waals surface area (Å²) in [5.41, 5.74) is 8.45. The molecule has 19 heavy (non-hydrogen) atoms. The number of nitrogens with two attached hydrogens (primary N) is 1. The molecule has 2 N–H and O–H groups in total. The lowest BCUT2D eigenvalue weighted by Gasteiger charge is -2.32. The second-order valence-corrected chi connectivity index (χ2v) is 5.22. The first-order chi connectivity index (χ1) is 9.05. The molecule has 0 radical (unpaired) electrons. The normalized spacial score (nSPS) is 13.1. The van der Waals surface area contributed by atoms with E-state index in [1.165, 1.54) is 5.56 Å². The summed E-state index contributed by atoms with van der Waals surface area (Å²) in [4.78, 5) is 4.18. The summed E-state index contributed by atoms with van der Waals surface area (Å²) in [7, 11) is 1.63. The molecule has 1 heterocycles. The van der Waals surface area contributed by atoms with Crippen molar-refractivity contribution in [1.29, 1.82) is 0 Å². The molecule has 0 amide bonds.